The smallest absolute Gasteiger partial charge is 0.319 e. The van der Waals surface area contributed by atoms with Crippen LogP contribution in [0.15, 0.2) is 37.1 Å². The molecule has 174 valence electrons. The van der Waals surface area contributed by atoms with E-state index < -0.39 is 0 Å². The molecule has 1 fully saturated rings. The molecular formula is C23H31N9O. The summed E-state index contributed by atoms with van der Waals surface area (Å²) in [6, 6.07) is 2.44. The van der Waals surface area contributed by atoms with Crippen molar-refractivity contribution in [3.05, 3.63) is 42.7 Å². The molecule has 2 N–H and O–H groups in total. The maximum absolute atomic E-state index is 12.0. The molecule has 0 unspecified atom stereocenters. The average Bonchev–Trinajstić information content (AvgIpc) is 3.45. The van der Waals surface area contributed by atoms with Gasteiger partial charge in [-0.05, 0) is 18.9 Å². The van der Waals surface area contributed by atoms with Gasteiger partial charge in [0.05, 0.1) is 47.6 Å². The van der Waals surface area contributed by atoms with Crippen LogP contribution in [0.5, 0.6) is 0 Å². The molecule has 1 aliphatic heterocycles. The molecule has 0 atom stereocenters. The maximum Gasteiger partial charge on any atom is 0.319 e. The SMILES string of the molecule is CCC(CC)n1cc(-c2nc(/C(C=N)=C/NC3CN(C(=O)N(C)C)C3)cn3nccc23)cn1. The lowest BCUT2D eigenvalue weighted by Crippen LogP contribution is -2.60. The van der Waals surface area contributed by atoms with Crippen LogP contribution in [-0.4, -0.2) is 79.7 Å². The lowest BCUT2D eigenvalue weighted by Gasteiger charge is -2.40. The van der Waals surface area contributed by atoms with E-state index in [0.29, 0.717) is 30.4 Å². The molecule has 0 radical (unpaired) electrons. The number of carbonyl (C=O) groups excluding carboxylic acids is 1. The van der Waals surface area contributed by atoms with Crippen molar-refractivity contribution in [3.8, 4) is 11.3 Å². The number of likely N-dealkylation sites (tertiary alicyclic amines) is 1. The molecular weight excluding hydrogens is 418 g/mol. The van der Waals surface area contributed by atoms with Crippen molar-refractivity contribution in [2.75, 3.05) is 27.2 Å². The number of nitrogens with one attached hydrogen (secondary N) is 2. The number of carbonyl (C=O) groups is 1. The lowest BCUT2D eigenvalue weighted by atomic mass is 10.1. The Hall–Kier alpha value is -3.69. The quantitative estimate of drug-likeness (QED) is 0.514. The lowest BCUT2D eigenvalue weighted by molar-refractivity contribution is 0.122. The van der Waals surface area contributed by atoms with Crippen LogP contribution in [-0.2, 0) is 0 Å². The number of hydrogen-bond acceptors (Lipinski definition) is 6. The third-order valence-electron chi connectivity index (χ3n) is 6.04. The highest BCUT2D eigenvalue weighted by molar-refractivity contribution is 6.07. The van der Waals surface area contributed by atoms with Crippen LogP contribution >= 0.6 is 0 Å². The number of hydrogen-bond donors (Lipinski definition) is 2. The first-order valence-electron chi connectivity index (χ1n) is 11.3. The first-order chi connectivity index (χ1) is 15.9. The molecule has 4 heterocycles. The highest BCUT2D eigenvalue weighted by Gasteiger charge is 2.30. The largest absolute Gasteiger partial charge is 0.384 e. The molecule has 0 bridgehead atoms. The molecule has 3 aromatic rings. The average molecular weight is 450 g/mol. The summed E-state index contributed by atoms with van der Waals surface area (Å²) < 4.78 is 3.78. The Labute approximate surface area is 193 Å². The fourth-order valence-corrected chi connectivity index (χ4v) is 4.02. The topological polar surface area (TPSA) is 107 Å². The molecule has 10 heteroatoms. The molecule has 2 amide bonds. The first kappa shape index (κ1) is 22.5. The molecule has 3 aromatic heterocycles. The van der Waals surface area contributed by atoms with E-state index in [9.17, 15) is 4.79 Å². The van der Waals surface area contributed by atoms with E-state index in [-0.39, 0.29) is 12.1 Å². The minimum absolute atomic E-state index is 0.00804. The van der Waals surface area contributed by atoms with Gasteiger partial charge in [-0.3, -0.25) is 4.68 Å². The van der Waals surface area contributed by atoms with Gasteiger partial charge in [0.25, 0.3) is 0 Å². The number of amides is 2. The fraction of sp³-hybridized carbons (Fsp3) is 0.435. The van der Waals surface area contributed by atoms with E-state index in [1.807, 2.05) is 29.3 Å². The number of fused-ring (bicyclic) bond motifs is 1. The summed E-state index contributed by atoms with van der Waals surface area (Å²) in [6.07, 6.45) is 12.5. The van der Waals surface area contributed by atoms with Gasteiger partial charge in [0, 0.05) is 56.9 Å². The summed E-state index contributed by atoms with van der Waals surface area (Å²) >= 11 is 0. The van der Waals surface area contributed by atoms with Gasteiger partial charge < -0.3 is 20.5 Å². The molecule has 0 spiro atoms. The number of urea groups is 1. The van der Waals surface area contributed by atoms with Gasteiger partial charge in [0.15, 0.2) is 0 Å². The predicted octanol–water partition coefficient (Wildman–Crippen LogP) is 2.90. The molecule has 1 aliphatic rings. The van der Waals surface area contributed by atoms with Crippen molar-refractivity contribution < 1.29 is 4.79 Å². The summed E-state index contributed by atoms with van der Waals surface area (Å²) in [7, 11) is 3.50. The summed E-state index contributed by atoms with van der Waals surface area (Å²) in [6.45, 7) is 5.58. The maximum atomic E-state index is 12.0. The van der Waals surface area contributed by atoms with E-state index in [0.717, 1.165) is 29.6 Å². The molecule has 1 saturated heterocycles. The summed E-state index contributed by atoms with van der Waals surface area (Å²) in [5, 5.41) is 20.2. The first-order valence-corrected chi connectivity index (χ1v) is 11.3. The summed E-state index contributed by atoms with van der Waals surface area (Å²) in [5.74, 6) is 0. The standard InChI is InChI=1S/C23H31N9O/c1-5-19(6-2)31-12-17(11-27-31)22-21-7-8-26-32(21)15-20(28-22)16(9-24)10-25-18-13-30(14-18)23(33)29(3)4/h7-12,15,18-19,24-25H,5-6,13-14H2,1-4H3/b16-10+,24-9?. The zero-order chi connectivity index (χ0) is 23.5. The predicted molar refractivity (Wildman–Crippen MR) is 128 cm³/mol. The van der Waals surface area contributed by atoms with Gasteiger partial charge in [-0.2, -0.15) is 10.2 Å². The molecule has 0 aliphatic carbocycles. The molecule has 0 aromatic carbocycles. The Morgan fingerprint density at radius 3 is 2.70 bits per heavy atom. The Kier molecular flexibility index (Phi) is 6.43. The second-order valence-corrected chi connectivity index (χ2v) is 8.50. The number of aromatic nitrogens is 5. The summed E-state index contributed by atoms with van der Waals surface area (Å²) in [5.41, 5.74) is 3.86. The molecule has 33 heavy (non-hydrogen) atoms. The van der Waals surface area contributed by atoms with Crippen molar-refractivity contribution in [3.63, 3.8) is 0 Å². The van der Waals surface area contributed by atoms with Crippen LogP contribution in [0.3, 0.4) is 0 Å². The minimum Gasteiger partial charge on any atom is -0.384 e. The molecule has 0 saturated carbocycles. The van der Waals surface area contributed by atoms with Crippen LogP contribution in [0, 0.1) is 5.41 Å². The van der Waals surface area contributed by atoms with Gasteiger partial charge in [-0.25, -0.2) is 14.3 Å². The van der Waals surface area contributed by atoms with E-state index in [1.165, 1.54) is 6.21 Å². The number of allylic oxidation sites excluding steroid dienone is 1. The number of rotatable bonds is 8. The Morgan fingerprint density at radius 2 is 2.03 bits per heavy atom. The fourth-order valence-electron chi connectivity index (χ4n) is 4.02. The zero-order valence-corrected chi connectivity index (χ0v) is 19.6. The van der Waals surface area contributed by atoms with Crippen LogP contribution in [0.4, 0.5) is 4.79 Å². The third kappa shape index (κ3) is 4.46. The van der Waals surface area contributed by atoms with Crippen molar-refractivity contribution in [2.24, 2.45) is 0 Å². The van der Waals surface area contributed by atoms with E-state index >= 15 is 0 Å². The van der Waals surface area contributed by atoms with Gasteiger partial charge in [0.1, 0.15) is 0 Å². The number of nitrogens with zero attached hydrogens (tertiary/aromatic N) is 7. The summed E-state index contributed by atoms with van der Waals surface area (Å²) in [4.78, 5) is 20.2. The van der Waals surface area contributed by atoms with Gasteiger partial charge in [-0.15, -0.1) is 0 Å². The van der Waals surface area contributed by atoms with E-state index in [2.05, 4.69) is 29.4 Å². The van der Waals surface area contributed by atoms with Crippen molar-refractivity contribution in [2.45, 2.75) is 38.8 Å². The Morgan fingerprint density at radius 1 is 1.27 bits per heavy atom. The van der Waals surface area contributed by atoms with Crippen LogP contribution in [0.25, 0.3) is 22.3 Å². The van der Waals surface area contributed by atoms with Crippen LogP contribution < -0.4 is 5.32 Å². The molecule has 10 nitrogen and oxygen atoms in total. The Bertz CT molecular complexity index is 1170. The highest BCUT2D eigenvalue weighted by Crippen LogP contribution is 2.26. The highest BCUT2D eigenvalue weighted by atomic mass is 16.2. The monoisotopic (exact) mass is 449 g/mol. The van der Waals surface area contributed by atoms with Crippen molar-refractivity contribution >= 4 is 23.3 Å². The normalized spacial score (nSPS) is 14.6. The van der Waals surface area contributed by atoms with Gasteiger partial charge in [0.2, 0.25) is 0 Å². The van der Waals surface area contributed by atoms with Crippen LogP contribution in [0.2, 0.25) is 0 Å². The van der Waals surface area contributed by atoms with Gasteiger partial charge in [-0.1, -0.05) is 13.8 Å². The second-order valence-electron chi connectivity index (χ2n) is 8.50. The third-order valence-corrected chi connectivity index (χ3v) is 6.04. The zero-order valence-electron chi connectivity index (χ0n) is 19.6. The van der Waals surface area contributed by atoms with E-state index in [4.69, 9.17) is 10.4 Å². The minimum atomic E-state index is 0.00804. The molecule has 4 rings (SSSR count). The van der Waals surface area contributed by atoms with Crippen molar-refractivity contribution in [1.29, 1.82) is 5.41 Å². The van der Waals surface area contributed by atoms with Gasteiger partial charge >= 0.3 is 6.03 Å². The van der Waals surface area contributed by atoms with E-state index in [1.54, 1.807) is 40.8 Å². The van der Waals surface area contributed by atoms with Crippen LogP contribution in [0.1, 0.15) is 38.4 Å². The van der Waals surface area contributed by atoms with Crippen molar-refractivity contribution in [1.82, 2.24) is 39.5 Å². The Balaban J connectivity index is 1.59. The second kappa shape index (κ2) is 9.43.